The van der Waals surface area contributed by atoms with E-state index < -0.39 is 16.1 Å². The first kappa shape index (κ1) is 24.1. The highest BCUT2D eigenvalue weighted by Gasteiger charge is 2.34. The van der Waals surface area contributed by atoms with Gasteiger partial charge in [-0.05, 0) is 63.8 Å². The molecule has 1 saturated heterocycles. The number of likely N-dealkylation sites (tertiary alicyclic amines) is 1. The summed E-state index contributed by atoms with van der Waals surface area (Å²) in [6, 6.07) is 13.1. The van der Waals surface area contributed by atoms with Crippen LogP contribution in [0.25, 0.3) is 22.1 Å². The van der Waals surface area contributed by atoms with E-state index in [0.717, 1.165) is 50.7 Å². The molecule has 3 aromatic heterocycles. The molecule has 1 saturated carbocycles. The van der Waals surface area contributed by atoms with Gasteiger partial charge < -0.3 is 9.67 Å². The van der Waals surface area contributed by atoms with Gasteiger partial charge in [-0.2, -0.15) is 5.26 Å². The minimum atomic E-state index is -3.81. The Bertz CT molecular complexity index is 1590. The van der Waals surface area contributed by atoms with Crippen LogP contribution in [0.4, 0.5) is 0 Å². The number of fused-ring (bicyclic) bond motifs is 3. The maximum atomic E-state index is 13.4. The number of aliphatic hydroxyl groups excluding tert-OH is 1. The van der Waals surface area contributed by atoms with E-state index in [1.807, 2.05) is 0 Å². The molecular formula is C27H30N6O3S. The van der Waals surface area contributed by atoms with Gasteiger partial charge in [0.25, 0.3) is 10.0 Å². The van der Waals surface area contributed by atoms with Crippen LogP contribution in [0.15, 0.2) is 53.7 Å². The van der Waals surface area contributed by atoms with Gasteiger partial charge in [0, 0.05) is 30.2 Å². The fourth-order valence-electron chi connectivity index (χ4n) is 6.14. The van der Waals surface area contributed by atoms with Crippen LogP contribution >= 0.6 is 0 Å². The monoisotopic (exact) mass is 518 g/mol. The third-order valence-electron chi connectivity index (χ3n) is 7.98. The van der Waals surface area contributed by atoms with Crippen molar-refractivity contribution >= 4 is 32.1 Å². The van der Waals surface area contributed by atoms with E-state index in [-0.39, 0.29) is 16.9 Å². The molecule has 0 amide bonds. The Hall–Kier alpha value is -3.26. The first-order chi connectivity index (χ1) is 17.9. The highest BCUT2D eigenvalue weighted by atomic mass is 32.2. The lowest BCUT2D eigenvalue weighted by atomic mass is 9.89. The van der Waals surface area contributed by atoms with Crippen LogP contribution in [-0.2, 0) is 10.0 Å². The Labute approximate surface area is 216 Å². The van der Waals surface area contributed by atoms with Crippen molar-refractivity contribution in [2.24, 2.45) is 5.92 Å². The molecule has 10 heteroatoms. The second kappa shape index (κ2) is 9.24. The van der Waals surface area contributed by atoms with Crippen LogP contribution in [0, 0.1) is 17.2 Å². The molecule has 9 nitrogen and oxygen atoms in total. The number of imidazole rings is 1. The highest BCUT2D eigenvalue weighted by Crippen LogP contribution is 2.39. The minimum absolute atomic E-state index is 0.133. The summed E-state index contributed by atoms with van der Waals surface area (Å²) in [4.78, 5) is 11.9. The van der Waals surface area contributed by atoms with Crippen molar-refractivity contribution in [2.45, 2.75) is 62.1 Å². The van der Waals surface area contributed by atoms with Gasteiger partial charge in [-0.15, -0.1) is 0 Å². The van der Waals surface area contributed by atoms with Crippen molar-refractivity contribution < 1.29 is 13.5 Å². The number of aliphatic hydroxyl groups is 1. The molecule has 2 atom stereocenters. The fraction of sp³-hybridized carbons (Fsp3) is 0.444. The topological polar surface area (TPSA) is 117 Å². The zero-order chi connectivity index (χ0) is 25.7. The lowest BCUT2D eigenvalue weighted by molar-refractivity contribution is 0.151. The first-order valence-electron chi connectivity index (χ1n) is 12.9. The number of pyridine rings is 1. The van der Waals surface area contributed by atoms with Crippen LogP contribution in [0.5, 0.6) is 0 Å². The normalized spacial score (nSPS) is 24.0. The van der Waals surface area contributed by atoms with Gasteiger partial charge in [-0.25, -0.2) is 22.4 Å². The zero-order valence-electron chi connectivity index (χ0n) is 20.7. The third kappa shape index (κ3) is 4.02. The molecule has 4 heterocycles. The molecule has 1 aromatic carbocycles. The van der Waals surface area contributed by atoms with Crippen LogP contribution in [-0.4, -0.2) is 56.1 Å². The summed E-state index contributed by atoms with van der Waals surface area (Å²) >= 11 is 0. The average Bonchev–Trinajstić information content (AvgIpc) is 3.65. The largest absolute Gasteiger partial charge is 0.385 e. The Balaban J connectivity index is 1.39. The van der Waals surface area contributed by atoms with Crippen LogP contribution in [0.1, 0.15) is 57.0 Å². The molecule has 0 spiro atoms. The number of hydrogen-bond acceptors (Lipinski definition) is 7. The van der Waals surface area contributed by atoms with Gasteiger partial charge in [0.1, 0.15) is 17.4 Å². The van der Waals surface area contributed by atoms with E-state index >= 15 is 0 Å². The van der Waals surface area contributed by atoms with E-state index in [1.54, 1.807) is 55.7 Å². The SMILES string of the molecule is C[C@@H](O)c1nc2cnc3c(ccn3S(=O)(=O)c3ccccc3)c2n1C1CCC(N2CC[C@@H](C#N)C2)CC1. The summed E-state index contributed by atoms with van der Waals surface area (Å²) in [6.07, 6.45) is 7.21. The van der Waals surface area contributed by atoms with Crippen LogP contribution < -0.4 is 0 Å². The van der Waals surface area contributed by atoms with Crippen LogP contribution in [0.3, 0.4) is 0 Å². The molecule has 2 fully saturated rings. The van der Waals surface area contributed by atoms with E-state index in [1.165, 1.54) is 3.97 Å². The lowest BCUT2D eigenvalue weighted by Crippen LogP contribution is -2.37. The first-order valence-corrected chi connectivity index (χ1v) is 14.3. The average molecular weight is 519 g/mol. The van der Waals surface area contributed by atoms with Gasteiger partial charge in [0.2, 0.25) is 0 Å². The summed E-state index contributed by atoms with van der Waals surface area (Å²) in [6.45, 7) is 3.55. The third-order valence-corrected chi connectivity index (χ3v) is 9.66. The van der Waals surface area contributed by atoms with Crippen molar-refractivity contribution in [1.29, 1.82) is 5.26 Å². The Morgan fingerprint density at radius 3 is 2.49 bits per heavy atom. The number of nitrogens with zero attached hydrogens (tertiary/aromatic N) is 6. The van der Waals surface area contributed by atoms with Gasteiger partial charge in [-0.3, -0.25) is 4.90 Å². The van der Waals surface area contributed by atoms with Crippen LogP contribution in [0.2, 0.25) is 0 Å². The summed E-state index contributed by atoms with van der Waals surface area (Å²) in [5.74, 6) is 0.714. The Morgan fingerprint density at radius 2 is 1.81 bits per heavy atom. The molecule has 1 aliphatic heterocycles. The minimum Gasteiger partial charge on any atom is -0.385 e. The molecule has 1 aliphatic carbocycles. The fourth-order valence-corrected chi connectivity index (χ4v) is 7.46. The number of hydrogen-bond donors (Lipinski definition) is 1. The van der Waals surface area contributed by atoms with E-state index in [9.17, 15) is 18.8 Å². The molecule has 0 unspecified atom stereocenters. The second-order valence-electron chi connectivity index (χ2n) is 10.2. The molecule has 2 aliphatic rings. The van der Waals surface area contributed by atoms with E-state index in [2.05, 4.69) is 20.5 Å². The standard InChI is InChI=1S/C27H30N6O3S/c1-18(34)26-30-24-16-29-27-23(12-14-32(27)37(35,36)22-5-3-2-4-6-22)25(24)33(26)21-9-7-20(8-10-21)31-13-11-19(15-28)17-31/h2-6,12,14,16,18-21,34H,7-11,13,17H2,1H3/t18-,19+,20?,21?/m1/s1. The Kier molecular flexibility index (Phi) is 6.02. The van der Waals surface area contributed by atoms with Gasteiger partial charge in [0.15, 0.2) is 5.65 Å². The molecule has 6 rings (SSSR count). The summed E-state index contributed by atoms with van der Waals surface area (Å²) in [7, 11) is -3.81. The smallest absolute Gasteiger partial charge is 0.269 e. The van der Waals surface area contributed by atoms with Gasteiger partial charge in [-0.1, -0.05) is 18.2 Å². The molecule has 37 heavy (non-hydrogen) atoms. The molecule has 0 bridgehead atoms. The number of benzene rings is 1. The zero-order valence-corrected chi connectivity index (χ0v) is 21.5. The predicted octanol–water partition coefficient (Wildman–Crippen LogP) is 4.01. The van der Waals surface area contributed by atoms with Gasteiger partial charge >= 0.3 is 0 Å². The number of rotatable bonds is 5. The van der Waals surface area contributed by atoms with Crippen molar-refractivity contribution in [3.63, 3.8) is 0 Å². The van der Waals surface area contributed by atoms with E-state index in [0.29, 0.717) is 28.4 Å². The molecular weight excluding hydrogens is 488 g/mol. The summed E-state index contributed by atoms with van der Waals surface area (Å²) in [5.41, 5.74) is 1.82. The van der Waals surface area contributed by atoms with Crippen molar-refractivity contribution in [3.8, 4) is 6.07 Å². The summed E-state index contributed by atoms with van der Waals surface area (Å²) in [5, 5.41) is 20.6. The molecule has 192 valence electrons. The quantitative estimate of drug-likeness (QED) is 0.424. The van der Waals surface area contributed by atoms with Crippen molar-refractivity contribution in [2.75, 3.05) is 13.1 Å². The van der Waals surface area contributed by atoms with Gasteiger partial charge in [0.05, 0.1) is 28.6 Å². The summed E-state index contributed by atoms with van der Waals surface area (Å²) < 4.78 is 30.1. The van der Waals surface area contributed by atoms with Crippen molar-refractivity contribution in [1.82, 2.24) is 23.4 Å². The second-order valence-corrected chi connectivity index (χ2v) is 12.1. The van der Waals surface area contributed by atoms with Crippen molar-refractivity contribution in [3.05, 3.63) is 54.6 Å². The molecule has 4 aromatic rings. The Morgan fingerprint density at radius 1 is 1.08 bits per heavy atom. The predicted molar refractivity (Wildman–Crippen MR) is 139 cm³/mol. The van der Waals surface area contributed by atoms with E-state index in [4.69, 9.17) is 4.98 Å². The number of nitriles is 1. The lowest BCUT2D eigenvalue weighted by Gasteiger charge is -2.36. The number of aromatic nitrogens is 4. The maximum Gasteiger partial charge on any atom is 0.269 e. The maximum absolute atomic E-state index is 13.4. The highest BCUT2D eigenvalue weighted by molar-refractivity contribution is 7.90. The molecule has 0 radical (unpaired) electrons. The molecule has 1 N–H and O–H groups in total.